The van der Waals surface area contributed by atoms with E-state index in [2.05, 4.69) is 11.2 Å². The van der Waals surface area contributed by atoms with Gasteiger partial charge in [0.25, 0.3) is 5.91 Å². The summed E-state index contributed by atoms with van der Waals surface area (Å²) >= 11 is 0. The Morgan fingerprint density at radius 2 is 2.23 bits per heavy atom. The van der Waals surface area contributed by atoms with E-state index in [-0.39, 0.29) is 11.9 Å². The molecule has 0 heterocycles. The number of nitrogens with two attached hydrogens (primary N) is 1. The number of amides is 1. The lowest BCUT2D eigenvalue weighted by atomic mass is 9.84. The molecule has 0 aromatic heterocycles. The van der Waals surface area contributed by atoms with Crippen molar-refractivity contribution in [3.05, 3.63) is 0 Å². The zero-order valence-electron chi connectivity index (χ0n) is 7.75. The minimum Gasteiger partial charge on any atom is -0.342 e. The minimum atomic E-state index is -0.314. The number of carbonyl (C=O) groups is 1. The van der Waals surface area contributed by atoms with Gasteiger partial charge in [-0.2, -0.15) is 0 Å². The molecule has 1 fully saturated rings. The van der Waals surface area contributed by atoms with Gasteiger partial charge in [-0.3, -0.25) is 4.79 Å². The Labute approximate surface area is 79.1 Å². The number of terminal acetylenes is 1. The summed E-state index contributed by atoms with van der Waals surface area (Å²) in [6.07, 6.45) is 9.47. The molecule has 0 radical (unpaired) electrons. The van der Waals surface area contributed by atoms with Gasteiger partial charge in [-0.15, -0.1) is 6.42 Å². The summed E-state index contributed by atoms with van der Waals surface area (Å²) in [5.41, 5.74) is 5.61. The van der Waals surface area contributed by atoms with Crippen LogP contribution >= 0.6 is 0 Å². The molecule has 3 nitrogen and oxygen atoms in total. The molecular formula is C10H16N2O. The van der Waals surface area contributed by atoms with Crippen molar-refractivity contribution in [1.82, 2.24) is 5.32 Å². The first-order chi connectivity index (χ1) is 6.27. The van der Waals surface area contributed by atoms with E-state index in [1.54, 1.807) is 0 Å². The Kier molecular flexibility index (Phi) is 3.78. The van der Waals surface area contributed by atoms with Gasteiger partial charge in [0.05, 0.1) is 0 Å². The highest BCUT2D eigenvalue weighted by Gasteiger charge is 2.24. The van der Waals surface area contributed by atoms with Crippen LogP contribution in [0.4, 0.5) is 0 Å². The molecule has 1 aliphatic rings. The fraction of sp³-hybridized carbons (Fsp3) is 0.700. The van der Waals surface area contributed by atoms with Crippen molar-refractivity contribution in [2.75, 3.05) is 6.54 Å². The van der Waals surface area contributed by atoms with Crippen LogP contribution in [0.1, 0.15) is 25.7 Å². The van der Waals surface area contributed by atoms with Gasteiger partial charge in [0.1, 0.15) is 0 Å². The summed E-state index contributed by atoms with van der Waals surface area (Å²) in [6.45, 7) is 0.634. The molecule has 3 N–H and O–H groups in total. The summed E-state index contributed by atoms with van der Waals surface area (Å²) < 4.78 is 0. The molecule has 1 rings (SSSR count). The molecule has 72 valence electrons. The van der Waals surface area contributed by atoms with E-state index in [4.69, 9.17) is 12.2 Å². The Morgan fingerprint density at radius 3 is 2.85 bits per heavy atom. The number of hydrogen-bond acceptors (Lipinski definition) is 2. The lowest BCUT2D eigenvalue weighted by Gasteiger charge is -2.30. The van der Waals surface area contributed by atoms with E-state index in [0.717, 1.165) is 19.3 Å². The van der Waals surface area contributed by atoms with E-state index in [9.17, 15) is 4.79 Å². The molecule has 0 spiro atoms. The fourth-order valence-corrected chi connectivity index (χ4v) is 1.89. The third-order valence-corrected chi connectivity index (χ3v) is 2.66. The molecule has 13 heavy (non-hydrogen) atoms. The van der Waals surface area contributed by atoms with Gasteiger partial charge in [0.2, 0.25) is 0 Å². The summed E-state index contributed by atoms with van der Waals surface area (Å²) in [5.74, 6) is 2.16. The van der Waals surface area contributed by atoms with Crippen molar-refractivity contribution >= 4 is 5.91 Å². The highest BCUT2D eigenvalue weighted by Crippen LogP contribution is 2.23. The van der Waals surface area contributed by atoms with Crippen molar-refractivity contribution in [3.8, 4) is 12.3 Å². The highest BCUT2D eigenvalue weighted by atomic mass is 16.1. The van der Waals surface area contributed by atoms with Crippen LogP contribution in [-0.2, 0) is 4.79 Å². The third-order valence-electron chi connectivity index (χ3n) is 2.66. The first-order valence-corrected chi connectivity index (χ1v) is 4.75. The molecular weight excluding hydrogens is 164 g/mol. The van der Waals surface area contributed by atoms with Crippen molar-refractivity contribution < 1.29 is 4.79 Å². The second-order valence-corrected chi connectivity index (χ2v) is 3.50. The second-order valence-electron chi connectivity index (χ2n) is 3.50. The normalized spacial score (nSPS) is 27.7. The summed E-state index contributed by atoms with van der Waals surface area (Å²) in [7, 11) is 0. The maximum atomic E-state index is 11.0. The van der Waals surface area contributed by atoms with Gasteiger partial charge in [0, 0.05) is 6.04 Å². The van der Waals surface area contributed by atoms with E-state index in [1.807, 2.05) is 0 Å². The first-order valence-electron chi connectivity index (χ1n) is 4.75. The third kappa shape index (κ3) is 2.74. The molecule has 0 aromatic rings. The predicted molar refractivity (Wildman–Crippen MR) is 51.8 cm³/mol. The van der Waals surface area contributed by atoms with Crippen LogP contribution in [0.3, 0.4) is 0 Å². The Bertz CT molecular complexity index is 219. The Hall–Kier alpha value is -1.01. The lowest BCUT2D eigenvalue weighted by Crippen LogP contribution is -2.44. The SMILES string of the molecule is C#CC(=O)NC1CCCCC1CN. The summed E-state index contributed by atoms with van der Waals surface area (Å²) in [5, 5.41) is 2.81. The number of carbonyl (C=O) groups excluding carboxylic acids is 1. The molecule has 1 aliphatic carbocycles. The number of nitrogens with one attached hydrogen (secondary N) is 1. The molecule has 0 saturated heterocycles. The van der Waals surface area contributed by atoms with Crippen molar-refractivity contribution in [2.24, 2.45) is 11.7 Å². The Balaban J connectivity index is 2.46. The predicted octanol–water partition coefficient (Wildman–Crippen LogP) is 0.253. The highest BCUT2D eigenvalue weighted by molar-refractivity contribution is 5.93. The van der Waals surface area contributed by atoms with Crippen LogP contribution < -0.4 is 11.1 Å². The fourth-order valence-electron chi connectivity index (χ4n) is 1.89. The van der Waals surface area contributed by atoms with Gasteiger partial charge in [-0.25, -0.2) is 0 Å². The zero-order valence-corrected chi connectivity index (χ0v) is 7.75. The summed E-state index contributed by atoms with van der Waals surface area (Å²) in [6, 6.07) is 0.197. The monoisotopic (exact) mass is 180 g/mol. The molecule has 1 amide bonds. The van der Waals surface area contributed by atoms with Crippen LogP contribution in [0, 0.1) is 18.3 Å². The zero-order chi connectivity index (χ0) is 9.68. The standard InChI is InChI=1S/C10H16N2O/c1-2-10(13)12-9-6-4-3-5-8(9)7-11/h1,8-9H,3-7,11H2,(H,12,13). The van der Waals surface area contributed by atoms with Crippen LogP contribution in [0.2, 0.25) is 0 Å². The molecule has 0 aromatic carbocycles. The van der Waals surface area contributed by atoms with E-state index < -0.39 is 0 Å². The molecule has 2 atom stereocenters. The topological polar surface area (TPSA) is 55.1 Å². The van der Waals surface area contributed by atoms with Gasteiger partial charge in [0.15, 0.2) is 0 Å². The van der Waals surface area contributed by atoms with Crippen molar-refractivity contribution in [2.45, 2.75) is 31.7 Å². The second kappa shape index (κ2) is 4.88. The first kappa shape index (κ1) is 10.1. The minimum absolute atomic E-state index is 0.197. The molecule has 0 bridgehead atoms. The number of hydrogen-bond donors (Lipinski definition) is 2. The van der Waals surface area contributed by atoms with Crippen molar-refractivity contribution in [1.29, 1.82) is 0 Å². The van der Waals surface area contributed by atoms with Crippen molar-refractivity contribution in [3.63, 3.8) is 0 Å². The van der Waals surface area contributed by atoms with Crippen LogP contribution in [-0.4, -0.2) is 18.5 Å². The molecule has 0 aliphatic heterocycles. The lowest BCUT2D eigenvalue weighted by molar-refractivity contribution is -0.116. The van der Waals surface area contributed by atoms with Gasteiger partial charge in [-0.05, 0) is 31.2 Å². The quantitative estimate of drug-likeness (QED) is 0.599. The van der Waals surface area contributed by atoms with E-state index in [0.29, 0.717) is 12.5 Å². The average Bonchev–Trinajstić information content (AvgIpc) is 2.18. The van der Waals surface area contributed by atoms with E-state index >= 15 is 0 Å². The smallest absolute Gasteiger partial charge is 0.295 e. The molecule has 1 saturated carbocycles. The van der Waals surface area contributed by atoms with Crippen LogP contribution in [0.5, 0.6) is 0 Å². The number of rotatable bonds is 2. The van der Waals surface area contributed by atoms with Crippen LogP contribution in [0.25, 0.3) is 0 Å². The van der Waals surface area contributed by atoms with Gasteiger partial charge in [-0.1, -0.05) is 12.8 Å². The van der Waals surface area contributed by atoms with E-state index in [1.165, 1.54) is 6.42 Å². The summed E-state index contributed by atoms with van der Waals surface area (Å²) in [4.78, 5) is 11.0. The molecule has 2 unspecified atom stereocenters. The largest absolute Gasteiger partial charge is 0.342 e. The maximum absolute atomic E-state index is 11.0. The van der Waals surface area contributed by atoms with Gasteiger partial charge >= 0.3 is 0 Å². The van der Waals surface area contributed by atoms with Crippen LogP contribution in [0.15, 0.2) is 0 Å². The van der Waals surface area contributed by atoms with Gasteiger partial charge < -0.3 is 11.1 Å². The maximum Gasteiger partial charge on any atom is 0.295 e. The average molecular weight is 180 g/mol. The Morgan fingerprint density at radius 1 is 1.54 bits per heavy atom. The molecule has 3 heteroatoms.